The lowest BCUT2D eigenvalue weighted by atomic mass is 10.2. The van der Waals surface area contributed by atoms with Crippen LogP contribution in [0.4, 0.5) is 0 Å². The highest BCUT2D eigenvalue weighted by Crippen LogP contribution is 2.36. The van der Waals surface area contributed by atoms with Gasteiger partial charge in [-0.2, -0.15) is 0 Å². The molecule has 0 spiro atoms. The summed E-state index contributed by atoms with van der Waals surface area (Å²) >= 11 is 3.24. The third-order valence-corrected chi connectivity index (χ3v) is 6.97. The van der Waals surface area contributed by atoms with Gasteiger partial charge in [0.25, 0.3) is 0 Å². The van der Waals surface area contributed by atoms with E-state index in [2.05, 4.69) is 15.6 Å². The highest BCUT2D eigenvalue weighted by atomic mass is 32.2. The number of hydrogen-bond acceptors (Lipinski definition) is 8. The maximum atomic E-state index is 6.07. The minimum atomic E-state index is -0.290. The third-order valence-electron chi connectivity index (χ3n) is 4.98. The van der Waals surface area contributed by atoms with Crippen molar-refractivity contribution in [2.45, 2.75) is 23.9 Å². The number of hydrogen-bond donors (Lipinski definition) is 0. The number of para-hydroxylation sites is 2. The summed E-state index contributed by atoms with van der Waals surface area (Å²) in [6.07, 6.45) is -0.290. The average molecular weight is 467 g/mol. The molecule has 5 rings (SSSR count). The molecule has 2 aromatic heterocycles. The first-order valence-electron chi connectivity index (χ1n) is 10.3. The molecule has 4 aromatic rings. The van der Waals surface area contributed by atoms with E-state index in [1.807, 2.05) is 67.1 Å². The van der Waals surface area contributed by atoms with Crippen LogP contribution in [0.15, 0.2) is 59.1 Å². The predicted octanol–water partition coefficient (Wildman–Crippen LogP) is 5.14. The quantitative estimate of drug-likeness (QED) is 0.349. The molecule has 1 aliphatic heterocycles. The molecule has 3 heterocycles. The van der Waals surface area contributed by atoms with E-state index in [0.717, 1.165) is 44.5 Å². The highest BCUT2D eigenvalue weighted by molar-refractivity contribution is 7.98. The minimum Gasteiger partial charge on any atom is -0.494 e. The van der Waals surface area contributed by atoms with E-state index in [1.54, 1.807) is 23.1 Å². The molecule has 0 saturated carbocycles. The van der Waals surface area contributed by atoms with Crippen molar-refractivity contribution in [3.63, 3.8) is 0 Å². The van der Waals surface area contributed by atoms with Crippen molar-refractivity contribution in [2.75, 3.05) is 13.2 Å². The maximum Gasteiger partial charge on any atom is 0.192 e. The van der Waals surface area contributed by atoms with Gasteiger partial charge in [-0.25, -0.2) is 4.98 Å². The van der Waals surface area contributed by atoms with Gasteiger partial charge in [0.1, 0.15) is 17.4 Å². The van der Waals surface area contributed by atoms with Gasteiger partial charge < -0.3 is 18.8 Å². The number of thioether (sulfide) groups is 1. The summed E-state index contributed by atoms with van der Waals surface area (Å²) in [4.78, 5) is 4.78. The molecule has 2 aromatic carbocycles. The number of rotatable bonds is 7. The first-order valence-corrected chi connectivity index (χ1v) is 12.2. The number of fused-ring (bicyclic) bond motifs is 1. The van der Waals surface area contributed by atoms with Crippen LogP contribution in [0, 0.1) is 0 Å². The molecular weight excluding hydrogens is 444 g/mol. The van der Waals surface area contributed by atoms with Crippen molar-refractivity contribution in [1.29, 1.82) is 0 Å². The Hall–Kier alpha value is -3.04. The van der Waals surface area contributed by atoms with Crippen LogP contribution in [-0.4, -0.2) is 33.0 Å². The number of benzene rings is 2. The fourth-order valence-electron chi connectivity index (χ4n) is 3.38. The smallest absolute Gasteiger partial charge is 0.192 e. The molecule has 164 valence electrons. The second-order valence-electron chi connectivity index (χ2n) is 7.15. The standard InChI is InChI=1S/C23H22N4O3S2/c1-3-28-17-10-8-15(9-11-17)22-24-16(13-31-22)14-32-23-26-25-21(27(23)2)20-12-29-18-6-4-5-7-19(18)30-20/h4-11,13,20H,3,12,14H2,1-2H3. The zero-order valence-electron chi connectivity index (χ0n) is 17.7. The van der Waals surface area contributed by atoms with Gasteiger partial charge in [0.2, 0.25) is 0 Å². The second kappa shape index (κ2) is 9.22. The minimum absolute atomic E-state index is 0.290. The van der Waals surface area contributed by atoms with Gasteiger partial charge in [-0.15, -0.1) is 21.5 Å². The lowest BCUT2D eigenvalue weighted by Crippen LogP contribution is -2.24. The van der Waals surface area contributed by atoms with E-state index in [9.17, 15) is 0 Å². The van der Waals surface area contributed by atoms with Crippen LogP contribution < -0.4 is 14.2 Å². The van der Waals surface area contributed by atoms with Crippen LogP contribution in [0.25, 0.3) is 10.6 Å². The van der Waals surface area contributed by atoms with E-state index in [1.165, 1.54) is 0 Å². The van der Waals surface area contributed by atoms with Gasteiger partial charge in [-0.1, -0.05) is 23.9 Å². The molecule has 1 atom stereocenters. The molecule has 0 N–H and O–H groups in total. The predicted molar refractivity (Wildman–Crippen MR) is 125 cm³/mol. The van der Waals surface area contributed by atoms with Gasteiger partial charge >= 0.3 is 0 Å². The zero-order valence-corrected chi connectivity index (χ0v) is 19.4. The van der Waals surface area contributed by atoms with Gasteiger partial charge in [-0.05, 0) is 43.3 Å². The molecule has 0 aliphatic carbocycles. The van der Waals surface area contributed by atoms with E-state index in [0.29, 0.717) is 19.0 Å². The number of thiazole rings is 1. The Bertz CT molecular complexity index is 1210. The molecule has 1 aliphatic rings. The zero-order chi connectivity index (χ0) is 21.9. The summed E-state index contributed by atoms with van der Waals surface area (Å²) in [7, 11) is 1.95. The summed E-state index contributed by atoms with van der Waals surface area (Å²) in [6, 6.07) is 15.7. The van der Waals surface area contributed by atoms with Crippen molar-refractivity contribution in [2.24, 2.45) is 7.05 Å². The van der Waals surface area contributed by atoms with Crippen LogP contribution >= 0.6 is 23.1 Å². The molecule has 9 heteroatoms. The summed E-state index contributed by atoms with van der Waals surface area (Å²) in [6.45, 7) is 3.05. The van der Waals surface area contributed by atoms with Crippen LogP contribution in [-0.2, 0) is 12.8 Å². The highest BCUT2D eigenvalue weighted by Gasteiger charge is 2.27. The van der Waals surface area contributed by atoms with Gasteiger partial charge in [0.05, 0.1) is 12.3 Å². The molecule has 7 nitrogen and oxygen atoms in total. The van der Waals surface area contributed by atoms with Crippen molar-refractivity contribution in [3.8, 4) is 27.8 Å². The van der Waals surface area contributed by atoms with Gasteiger partial charge in [-0.3, -0.25) is 0 Å². The molecule has 0 saturated heterocycles. The van der Waals surface area contributed by atoms with Crippen molar-refractivity contribution in [1.82, 2.24) is 19.7 Å². The van der Waals surface area contributed by atoms with Crippen molar-refractivity contribution in [3.05, 3.63) is 65.4 Å². The maximum absolute atomic E-state index is 6.07. The van der Waals surface area contributed by atoms with E-state index in [4.69, 9.17) is 19.2 Å². The lowest BCUT2D eigenvalue weighted by molar-refractivity contribution is 0.0825. The molecule has 0 fully saturated rings. The van der Waals surface area contributed by atoms with E-state index in [-0.39, 0.29) is 6.10 Å². The fraction of sp³-hybridized carbons (Fsp3) is 0.261. The molecule has 1 unspecified atom stereocenters. The summed E-state index contributed by atoms with van der Waals surface area (Å²) in [5.41, 5.74) is 2.10. The van der Waals surface area contributed by atoms with E-state index >= 15 is 0 Å². The lowest BCUT2D eigenvalue weighted by Gasteiger charge is -2.25. The second-order valence-corrected chi connectivity index (χ2v) is 8.95. The molecule has 0 amide bonds. The van der Waals surface area contributed by atoms with Gasteiger partial charge in [0.15, 0.2) is 28.6 Å². The molecular formula is C23H22N4O3S2. The monoisotopic (exact) mass is 466 g/mol. The average Bonchev–Trinajstić information content (AvgIpc) is 3.45. The van der Waals surface area contributed by atoms with Crippen molar-refractivity contribution < 1.29 is 14.2 Å². The number of ether oxygens (including phenoxy) is 3. The summed E-state index contributed by atoms with van der Waals surface area (Å²) in [5, 5.41) is 12.6. The Morgan fingerprint density at radius 2 is 1.94 bits per heavy atom. The molecule has 32 heavy (non-hydrogen) atoms. The van der Waals surface area contributed by atoms with Crippen LogP contribution in [0.2, 0.25) is 0 Å². The van der Waals surface area contributed by atoms with Gasteiger partial charge in [0, 0.05) is 23.7 Å². The number of aromatic nitrogens is 4. The Morgan fingerprint density at radius 3 is 2.75 bits per heavy atom. The SMILES string of the molecule is CCOc1ccc(-c2nc(CSc3nnc(C4COc5ccccc5O4)n3C)cs2)cc1. The van der Waals surface area contributed by atoms with Crippen LogP contribution in [0.3, 0.4) is 0 Å². The molecule has 0 radical (unpaired) electrons. The Labute approximate surface area is 194 Å². The Morgan fingerprint density at radius 1 is 1.12 bits per heavy atom. The normalized spacial score (nSPS) is 15.0. The summed E-state index contributed by atoms with van der Waals surface area (Å²) in [5.74, 6) is 3.81. The Kier molecular flexibility index (Phi) is 6.00. The van der Waals surface area contributed by atoms with Crippen molar-refractivity contribution >= 4 is 23.1 Å². The topological polar surface area (TPSA) is 71.3 Å². The van der Waals surface area contributed by atoms with Crippen LogP contribution in [0.5, 0.6) is 17.2 Å². The molecule has 0 bridgehead atoms. The first kappa shape index (κ1) is 20.8. The summed E-state index contributed by atoms with van der Waals surface area (Å²) < 4.78 is 19.4. The number of nitrogens with zero attached hydrogens (tertiary/aromatic N) is 4. The van der Waals surface area contributed by atoms with E-state index < -0.39 is 0 Å². The third kappa shape index (κ3) is 4.31. The fourth-order valence-corrected chi connectivity index (χ4v) is 5.13. The largest absolute Gasteiger partial charge is 0.494 e. The first-order chi connectivity index (χ1) is 15.7. The Balaban J connectivity index is 1.23. The van der Waals surface area contributed by atoms with Crippen LogP contribution in [0.1, 0.15) is 24.5 Å².